The molecule has 108 valence electrons. The summed E-state index contributed by atoms with van der Waals surface area (Å²) < 4.78 is 11.1. The Labute approximate surface area is 120 Å². The highest BCUT2D eigenvalue weighted by Gasteiger charge is 2.12. The molecule has 0 saturated heterocycles. The predicted molar refractivity (Wildman–Crippen MR) is 79.2 cm³/mol. The lowest BCUT2D eigenvalue weighted by Crippen LogP contribution is -2.28. The number of hydrogen-bond donors (Lipinski definition) is 1. The molecule has 0 spiro atoms. The summed E-state index contributed by atoms with van der Waals surface area (Å²) in [6.45, 7) is 8.16. The highest BCUT2D eigenvalue weighted by atomic mass is 35.5. The molecule has 19 heavy (non-hydrogen) atoms. The highest BCUT2D eigenvalue weighted by Crippen LogP contribution is 2.34. The number of halogens is 1. The average Bonchev–Trinajstić information content (AvgIpc) is 2.44. The van der Waals surface area contributed by atoms with E-state index in [1.165, 1.54) is 0 Å². The van der Waals surface area contributed by atoms with Gasteiger partial charge < -0.3 is 20.1 Å². The third-order valence-corrected chi connectivity index (χ3v) is 3.30. The van der Waals surface area contributed by atoms with Gasteiger partial charge in [0.05, 0.1) is 7.11 Å². The highest BCUT2D eigenvalue weighted by molar-refractivity contribution is 6.30. The number of ether oxygens (including phenoxy) is 2. The van der Waals surface area contributed by atoms with Gasteiger partial charge in [-0.2, -0.15) is 0 Å². The molecule has 1 aromatic rings. The molecule has 1 rings (SSSR count). The van der Waals surface area contributed by atoms with E-state index in [1.807, 2.05) is 6.07 Å². The van der Waals surface area contributed by atoms with Gasteiger partial charge >= 0.3 is 0 Å². The summed E-state index contributed by atoms with van der Waals surface area (Å²) in [6, 6.07) is 3.56. The fourth-order valence-corrected chi connectivity index (χ4v) is 2.14. The fourth-order valence-electron chi connectivity index (χ4n) is 1.91. The van der Waals surface area contributed by atoms with Gasteiger partial charge in [0.25, 0.3) is 0 Å². The van der Waals surface area contributed by atoms with Crippen molar-refractivity contribution in [2.45, 2.75) is 20.4 Å². The number of nitrogens with two attached hydrogens (primary N) is 1. The van der Waals surface area contributed by atoms with Crippen molar-refractivity contribution in [3.05, 3.63) is 22.7 Å². The minimum Gasteiger partial charge on any atom is -0.493 e. The van der Waals surface area contributed by atoms with Gasteiger partial charge in [0.2, 0.25) is 0 Å². The maximum Gasteiger partial charge on any atom is 0.165 e. The average molecular weight is 287 g/mol. The molecule has 5 heteroatoms. The second-order valence-electron chi connectivity index (χ2n) is 4.18. The Morgan fingerprint density at radius 1 is 1.26 bits per heavy atom. The first-order chi connectivity index (χ1) is 9.15. The predicted octanol–water partition coefficient (Wildman–Crippen LogP) is 2.53. The van der Waals surface area contributed by atoms with E-state index in [9.17, 15) is 0 Å². The Morgan fingerprint density at radius 2 is 1.95 bits per heavy atom. The first-order valence-corrected chi connectivity index (χ1v) is 6.95. The van der Waals surface area contributed by atoms with Crippen LogP contribution in [-0.2, 0) is 6.54 Å². The van der Waals surface area contributed by atoms with Gasteiger partial charge in [-0.3, -0.25) is 0 Å². The van der Waals surface area contributed by atoms with Crippen LogP contribution in [0.4, 0.5) is 0 Å². The topological polar surface area (TPSA) is 47.7 Å². The largest absolute Gasteiger partial charge is 0.493 e. The van der Waals surface area contributed by atoms with Crippen molar-refractivity contribution < 1.29 is 9.47 Å². The zero-order valence-electron chi connectivity index (χ0n) is 11.9. The molecule has 4 nitrogen and oxygen atoms in total. The Bertz CT molecular complexity index is 370. The van der Waals surface area contributed by atoms with Crippen molar-refractivity contribution in [1.29, 1.82) is 0 Å². The second-order valence-corrected chi connectivity index (χ2v) is 4.61. The smallest absolute Gasteiger partial charge is 0.165 e. The lowest BCUT2D eigenvalue weighted by molar-refractivity contribution is 0.216. The molecule has 0 aromatic heterocycles. The Kier molecular flexibility index (Phi) is 6.99. The molecule has 0 radical (unpaired) electrons. The van der Waals surface area contributed by atoms with E-state index in [2.05, 4.69) is 18.7 Å². The molecule has 1 aromatic carbocycles. The van der Waals surface area contributed by atoms with Crippen LogP contribution in [0.2, 0.25) is 5.02 Å². The summed E-state index contributed by atoms with van der Waals surface area (Å²) in [5, 5.41) is 0.605. The van der Waals surface area contributed by atoms with Crippen LogP contribution in [0.15, 0.2) is 12.1 Å². The van der Waals surface area contributed by atoms with Crippen molar-refractivity contribution in [1.82, 2.24) is 4.90 Å². The summed E-state index contributed by atoms with van der Waals surface area (Å²) in [5.41, 5.74) is 6.59. The fraction of sp³-hybridized carbons (Fsp3) is 0.571. The van der Waals surface area contributed by atoms with E-state index in [0.29, 0.717) is 29.7 Å². The zero-order chi connectivity index (χ0) is 14.3. The molecule has 0 unspecified atom stereocenters. The monoisotopic (exact) mass is 286 g/mol. The standard InChI is InChI=1S/C14H23ClN2O2/c1-4-17(5-2)6-7-19-14-11(10-16)8-12(15)9-13(14)18-3/h8-9H,4-7,10,16H2,1-3H3. The number of likely N-dealkylation sites (N-methyl/N-ethyl adjacent to an activating group) is 1. The van der Waals surface area contributed by atoms with Gasteiger partial charge in [-0.25, -0.2) is 0 Å². The number of hydrogen-bond acceptors (Lipinski definition) is 4. The maximum atomic E-state index is 6.01. The summed E-state index contributed by atoms with van der Waals surface area (Å²) >= 11 is 6.01. The summed E-state index contributed by atoms with van der Waals surface area (Å²) in [4.78, 5) is 2.30. The number of methoxy groups -OCH3 is 1. The van der Waals surface area contributed by atoms with Crippen LogP contribution in [0.1, 0.15) is 19.4 Å². The minimum absolute atomic E-state index is 0.373. The van der Waals surface area contributed by atoms with Gasteiger partial charge in [-0.1, -0.05) is 25.4 Å². The molecule has 0 fully saturated rings. The minimum atomic E-state index is 0.373. The Hall–Kier alpha value is -0.970. The maximum absolute atomic E-state index is 6.01. The summed E-state index contributed by atoms with van der Waals surface area (Å²) in [7, 11) is 1.60. The molecule has 0 aliphatic heterocycles. The Morgan fingerprint density at radius 3 is 2.47 bits per heavy atom. The van der Waals surface area contributed by atoms with Gasteiger partial charge in [0, 0.05) is 29.7 Å². The van der Waals surface area contributed by atoms with E-state index in [-0.39, 0.29) is 0 Å². The van der Waals surface area contributed by atoms with E-state index < -0.39 is 0 Å². The van der Waals surface area contributed by atoms with Crippen LogP contribution < -0.4 is 15.2 Å². The van der Waals surface area contributed by atoms with Crippen LogP contribution in [0, 0.1) is 0 Å². The Balaban J connectivity index is 2.76. The van der Waals surface area contributed by atoms with Crippen molar-refractivity contribution >= 4 is 11.6 Å². The number of rotatable bonds is 8. The molecule has 2 N–H and O–H groups in total. The van der Waals surface area contributed by atoms with Gasteiger partial charge in [0.15, 0.2) is 11.5 Å². The van der Waals surface area contributed by atoms with Crippen molar-refractivity contribution in [3.63, 3.8) is 0 Å². The van der Waals surface area contributed by atoms with Crippen LogP contribution >= 0.6 is 11.6 Å². The van der Waals surface area contributed by atoms with Crippen molar-refractivity contribution in [2.24, 2.45) is 5.73 Å². The third kappa shape index (κ3) is 4.56. The van der Waals surface area contributed by atoms with Crippen molar-refractivity contribution in [3.8, 4) is 11.5 Å². The molecule has 0 heterocycles. The lowest BCUT2D eigenvalue weighted by atomic mass is 10.2. The summed E-state index contributed by atoms with van der Waals surface area (Å²) in [6.07, 6.45) is 0. The van der Waals surface area contributed by atoms with Gasteiger partial charge in [0.1, 0.15) is 6.61 Å². The quantitative estimate of drug-likeness (QED) is 0.798. The van der Waals surface area contributed by atoms with Gasteiger partial charge in [-0.15, -0.1) is 0 Å². The van der Waals surface area contributed by atoms with Gasteiger partial charge in [-0.05, 0) is 19.2 Å². The molecule has 0 atom stereocenters. The zero-order valence-corrected chi connectivity index (χ0v) is 12.7. The number of benzene rings is 1. The van der Waals surface area contributed by atoms with E-state index >= 15 is 0 Å². The molecule has 0 aliphatic carbocycles. The SMILES string of the molecule is CCN(CC)CCOc1c(CN)cc(Cl)cc1OC. The lowest BCUT2D eigenvalue weighted by Gasteiger charge is -2.20. The molecule has 0 bridgehead atoms. The first kappa shape index (κ1) is 16.1. The van der Waals surface area contributed by atoms with Crippen molar-refractivity contribution in [2.75, 3.05) is 33.4 Å². The van der Waals surface area contributed by atoms with Crippen LogP contribution in [0.3, 0.4) is 0 Å². The molecule has 0 amide bonds. The first-order valence-electron chi connectivity index (χ1n) is 6.57. The molecular weight excluding hydrogens is 264 g/mol. The van der Waals surface area contributed by atoms with E-state index in [1.54, 1.807) is 13.2 Å². The molecule has 0 saturated carbocycles. The van der Waals surface area contributed by atoms with Crippen LogP contribution in [-0.4, -0.2) is 38.3 Å². The normalized spacial score (nSPS) is 10.8. The summed E-state index contributed by atoms with van der Waals surface area (Å²) in [5.74, 6) is 1.33. The molecular formula is C14H23ClN2O2. The van der Waals surface area contributed by atoms with E-state index in [4.69, 9.17) is 26.8 Å². The third-order valence-electron chi connectivity index (χ3n) is 3.08. The van der Waals surface area contributed by atoms with Crippen LogP contribution in [0.5, 0.6) is 11.5 Å². The van der Waals surface area contributed by atoms with Crippen LogP contribution in [0.25, 0.3) is 0 Å². The molecule has 0 aliphatic rings. The number of nitrogens with zero attached hydrogens (tertiary/aromatic N) is 1. The second kappa shape index (κ2) is 8.25. The van der Waals surface area contributed by atoms with E-state index in [0.717, 1.165) is 25.2 Å².